The van der Waals surface area contributed by atoms with Gasteiger partial charge in [0.2, 0.25) is 0 Å². The number of rotatable bonds is 4. The molecule has 0 aromatic heterocycles. The van der Waals surface area contributed by atoms with Gasteiger partial charge >= 0.3 is 0 Å². The number of nitrogens with one attached hydrogen (secondary N) is 1. The molecule has 108 valence electrons. The molecule has 6 nitrogen and oxygen atoms in total. The van der Waals surface area contributed by atoms with Gasteiger partial charge in [0.05, 0.1) is 38.8 Å². The highest BCUT2D eigenvalue weighted by Crippen LogP contribution is 2.08. The lowest BCUT2D eigenvalue weighted by Crippen LogP contribution is -3.15. The van der Waals surface area contributed by atoms with Gasteiger partial charge in [-0.05, 0) is 17.7 Å². The molecule has 0 saturated carbocycles. The number of carbonyl (C=O) groups excluding carboxylic acids is 2. The number of nitrogens with zero attached hydrogens (tertiary/aromatic N) is 1. The number of aliphatic hydroxyl groups is 1. The van der Waals surface area contributed by atoms with Crippen LogP contribution in [0.25, 0.3) is 0 Å². The molecule has 1 fully saturated rings. The number of piperazine rings is 1. The van der Waals surface area contributed by atoms with Crippen LogP contribution in [0, 0.1) is 0 Å². The number of hydrogen-bond donors (Lipinski definition) is 2. The van der Waals surface area contributed by atoms with Crippen LogP contribution in [0.15, 0.2) is 24.3 Å². The van der Waals surface area contributed by atoms with Gasteiger partial charge in [0, 0.05) is 5.56 Å². The maximum atomic E-state index is 12.3. The van der Waals surface area contributed by atoms with Gasteiger partial charge < -0.3 is 24.8 Å². The van der Waals surface area contributed by atoms with Crippen molar-refractivity contribution in [2.75, 3.05) is 39.3 Å². The first kappa shape index (κ1) is 14.5. The normalized spacial score (nSPS) is 16.1. The highest BCUT2D eigenvalue weighted by atomic mass is 16.4. The average Bonchev–Trinajstić information content (AvgIpc) is 2.48. The molecule has 2 rings (SSSR count). The number of hydrogen-bond acceptors (Lipinski definition) is 4. The van der Waals surface area contributed by atoms with Crippen molar-refractivity contribution < 1.29 is 24.7 Å². The molecular weight excluding hydrogens is 260 g/mol. The zero-order chi connectivity index (χ0) is 14.5. The zero-order valence-corrected chi connectivity index (χ0v) is 11.2. The highest BCUT2D eigenvalue weighted by molar-refractivity contribution is 5.97. The van der Waals surface area contributed by atoms with Crippen molar-refractivity contribution in [1.82, 2.24) is 4.90 Å². The highest BCUT2D eigenvalue weighted by Gasteiger charge is 2.24. The number of quaternary nitrogens is 1. The summed E-state index contributed by atoms with van der Waals surface area (Å²) in [6, 6.07) is 5.92. The largest absolute Gasteiger partial charge is 0.545 e. The summed E-state index contributed by atoms with van der Waals surface area (Å²) in [5.74, 6) is -1.44. The number of carboxylic acids is 1. The smallest absolute Gasteiger partial charge is 0.254 e. The van der Waals surface area contributed by atoms with Gasteiger partial charge in [-0.1, -0.05) is 12.1 Å². The van der Waals surface area contributed by atoms with E-state index >= 15 is 0 Å². The predicted molar refractivity (Wildman–Crippen MR) is 69.3 cm³/mol. The van der Waals surface area contributed by atoms with E-state index in [9.17, 15) is 14.7 Å². The second-order valence-electron chi connectivity index (χ2n) is 4.88. The van der Waals surface area contributed by atoms with E-state index in [2.05, 4.69) is 0 Å². The van der Waals surface area contributed by atoms with Gasteiger partial charge in [-0.25, -0.2) is 0 Å². The molecule has 1 aromatic rings. The van der Waals surface area contributed by atoms with Crippen molar-refractivity contribution in [2.45, 2.75) is 0 Å². The summed E-state index contributed by atoms with van der Waals surface area (Å²) in [5, 5.41) is 19.7. The molecule has 0 spiro atoms. The Morgan fingerprint density at radius 3 is 2.50 bits per heavy atom. The molecule has 1 aromatic carbocycles. The first-order valence-electron chi connectivity index (χ1n) is 6.67. The molecule has 0 atom stereocenters. The number of benzene rings is 1. The summed E-state index contributed by atoms with van der Waals surface area (Å²) in [6.45, 7) is 3.67. The molecule has 1 aliphatic rings. The van der Waals surface area contributed by atoms with E-state index in [1.54, 1.807) is 17.0 Å². The second-order valence-corrected chi connectivity index (χ2v) is 4.88. The molecule has 0 unspecified atom stereocenters. The number of carbonyl (C=O) groups is 2. The summed E-state index contributed by atoms with van der Waals surface area (Å²) in [7, 11) is 0. The molecule has 20 heavy (non-hydrogen) atoms. The van der Waals surface area contributed by atoms with Crippen molar-refractivity contribution >= 4 is 11.9 Å². The molecule has 6 heteroatoms. The third kappa shape index (κ3) is 3.34. The fourth-order valence-electron chi connectivity index (χ4n) is 2.40. The number of amides is 1. The van der Waals surface area contributed by atoms with Crippen LogP contribution in [0.1, 0.15) is 20.7 Å². The SMILES string of the molecule is O=C([O-])c1cccc(C(=O)N2CC[NH+](CCO)CC2)c1. The third-order valence-electron chi connectivity index (χ3n) is 3.57. The number of carboxylic acid groups (broad SMARTS) is 1. The molecule has 0 radical (unpaired) electrons. The minimum atomic E-state index is -1.28. The predicted octanol–water partition coefficient (Wildman–Crippen LogP) is -2.62. The lowest BCUT2D eigenvalue weighted by atomic mass is 10.1. The van der Waals surface area contributed by atoms with E-state index in [-0.39, 0.29) is 18.1 Å². The van der Waals surface area contributed by atoms with Gasteiger partial charge in [-0.15, -0.1) is 0 Å². The minimum Gasteiger partial charge on any atom is -0.545 e. The molecule has 1 aliphatic heterocycles. The van der Waals surface area contributed by atoms with E-state index < -0.39 is 5.97 Å². The van der Waals surface area contributed by atoms with Crippen molar-refractivity contribution in [3.63, 3.8) is 0 Å². The summed E-state index contributed by atoms with van der Waals surface area (Å²) < 4.78 is 0. The molecular formula is C14H18N2O4. The van der Waals surface area contributed by atoms with E-state index in [4.69, 9.17) is 5.11 Å². The maximum Gasteiger partial charge on any atom is 0.254 e. The minimum absolute atomic E-state index is 0.0143. The van der Waals surface area contributed by atoms with Crippen molar-refractivity contribution in [2.24, 2.45) is 0 Å². The van der Waals surface area contributed by atoms with Crippen LogP contribution < -0.4 is 10.0 Å². The Morgan fingerprint density at radius 1 is 1.25 bits per heavy atom. The molecule has 1 amide bonds. The Hall–Kier alpha value is -1.92. The van der Waals surface area contributed by atoms with Crippen molar-refractivity contribution in [3.05, 3.63) is 35.4 Å². The standard InChI is InChI=1S/C14H18N2O4/c17-9-8-15-4-6-16(7-5-15)13(18)11-2-1-3-12(10-11)14(19)20/h1-3,10,17H,4-9H2,(H,19,20). The van der Waals surface area contributed by atoms with Gasteiger partial charge in [-0.3, -0.25) is 4.79 Å². The van der Waals surface area contributed by atoms with Crippen LogP contribution in [0.4, 0.5) is 0 Å². The van der Waals surface area contributed by atoms with Crippen LogP contribution in [-0.4, -0.2) is 61.2 Å². The average molecular weight is 278 g/mol. The van der Waals surface area contributed by atoms with Crippen LogP contribution in [0.5, 0.6) is 0 Å². The second kappa shape index (κ2) is 6.49. The topological polar surface area (TPSA) is 85.1 Å². The van der Waals surface area contributed by atoms with Gasteiger partial charge in [0.25, 0.3) is 5.91 Å². The van der Waals surface area contributed by atoms with E-state index in [1.807, 2.05) is 0 Å². The summed E-state index contributed by atoms with van der Waals surface area (Å²) >= 11 is 0. The molecule has 1 heterocycles. The van der Waals surface area contributed by atoms with E-state index in [1.165, 1.54) is 17.0 Å². The van der Waals surface area contributed by atoms with Crippen LogP contribution in [0.2, 0.25) is 0 Å². The van der Waals surface area contributed by atoms with Crippen molar-refractivity contribution in [1.29, 1.82) is 0 Å². The Labute approximate surface area is 117 Å². The molecule has 0 bridgehead atoms. The Balaban J connectivity index is 2.02. The lowest BCUT2D eigenvalue weighted by Gasteiger charge is -2.32. The number of aromatic carboxylic acids is 1. The molecule has 2 N–H and O–H groups in total. The summed E-state index contributed by atoms with van der Waals surface area (Å²) in [6.07, 6.45) is 0. The van der Waals surface area contributed by atoms with Crippen molar-refractivity contribution in [3.8, 4) is 0 Å². The Bertz CT molecular complexity index is 496. The van der Waals surface area contributed by atoms with Crippen LogP contribution in [-0.2, 0) is 0 Å². The fourth-order valence-corrected chi connectivity index (χ4v) is 2.40. The Morgan fingerprint density at radius 2 is 1.90 bits per heavy atom. The first-order valence-corrected chi connectivity index (χ1v) is 6.67. The van der Waals surface area contributed by atoms with Gasteiger partial charge in [0.1, 0.15) is 6.54 Å². The number of aliphatic hydroxyl groups excluding tert-OH is 1. The summed E-state index contributed by atoms with van der Waals surface area (Å²) in [5.41, 5.74) is 0.387. The fraction of sp³-hybridized carbons (Fsp3) is 0.429. The Kier molecular flexibility index (Phi) is 4.70. The van der Waals surface area contributed by atoms with Gasteiger partial charge in [0.15, 0.2) is 0 Å². The molecule has 0 aliphatic carbocycles. The third-order valence-corrected chi connectivity index (χ3v) is 3.57. The van der Waals surface area contributed by atoms with E-state index in [0.29, 0.717) is 25.2 Å². The van der Waals surface area contributed by atoms with E-state index in [0.717, 1.165) is 13.1 Å². The van der Waals surface area contributed by atoms with Crippen LogP contribution >= 0.6 is 0 Å². The maximum absolute atomic E-state index is 12.3. The quantitative estimate of drug-likeness (QED) is 0.632. The summed E-state index contributed by atoms with van der Waals surface area (Å²) in [4.78, 5) is 26.1. The first-order chi connectivity index (χ1) is 9.61. The molecule has 1 saturated heterocycles. The lowest BCUT2D eigenvalue weighted by molar-refractivity contribution is -0.904. The van der Waals surface area contributed by atoms with Gasteiger partial charge in [-0.2, -0.15) is 0 Å². The monoisotopic (exact) mass is 278 g/mol. The van der Waals surface area contributed by atoms with Crippen LogP contribution in [0.3, 0.4) is 0 Å². The zero-order valence-electron chi connectivity index (χ0n) is 11.2.